The third-order valence-corrected chi connectivity index (χ3v) is 8.01. The van der Waals surface area contributed by atoms with Crippen LogP contribution in [0.4, 0.5) is 0 Å². The Morgan fingerprint density at radius 3 is 2.42 bits per heavy atom. The highest BCUT2D eigenvalue weighted by atomic mass is 16.5. The third-order valence-electron chi connectivity index (χ3n) is 8.01. The van der Waals surface area contributed by atoms with Crippen LogP contribution in [-0.4, -0.2) is 5.78 Å². The predicted molar refractivity (Wildman–Crippen MR) is 137 cm³/mol. The summed E-state index contributed by atoms with van der Waals surface area (Å²) in [7, 11) is 0. The quantitative estimate of drug-likeness (QED) is 0.305. The third kappa shape index (κ3) is 6.08. The molecule has 2 heteroatoms. The average molecular weight is 447 g/mol. The molecular weight excluding hydrogens is 404 g/mol. The molecule has 0 N–H and O–H groups in total. The van der Waals surface area contributed by atoms with Crippen molar-refractivity contribution in [3.63, 3.8) is 0 Å². The lowest BCUT2D eigenvalue weighted by Gasteiger charge is -2.23. The van der Waals surface area contributed by atoms with E-state index in [1.54, 1.807) is 0 Å². The molecular formula is C31H42O2. The lowest BCUT2D eigenvalue weighted by Crippen LogP contribution is -2.16. The summed E-state index contributed by atoms with van der Waals surface area (Å²) in [6.45, 7) is 4.37. The van der Waals surface area contributed by atoms with Crippen LogP contribution in [-0.2, 0) is 6.42 Å². The van der Waals surface area contributed by atoms with E-state index in [0.29, 0.717) is 11.7 Å². The van der Waals surface area contributed by atoms with E-state index in [-0.39, 0.29) is 12.0 Å². The van der Waals surface area contributed by atoms with Crippen LogP contribution in [0.3, 0.4) is 0 Å². The standard InChI is InChI=1S/C31H42O2/c1-3-5-13-24(10-4-2)30(32)25-18-20-28(21-19-25)33-31-27(17-16-23-11-6-7-12-23)22-26-14-8-9-15-29(26)31/h8-9,14-15,18-21,23-24,27,31H,3-7,10-13,16-17,22H2,1-2H3. The van der Waals surface area contributed by atoms with Gasteiger partial charge in [-0.15, -0.1) is 0 Å². The molecule has 33 heavy (non-hydrogen) atoms. The second-order valence-corrected chi connectivity index (χ2v) is 10.4. The van der Waals surface area contributed by atoms with Crippen molar-refractivity contribution in [2.24, 2.45) is 17.8 Å². The number of carbonyl (C=O) groups is 1. The van der Waals surface area contributed by atoms with Crippen molar-refractivity contribution >= 4 is 5.78 Å². The Bertz CT molecular complexity index is 878. The number of fused-ring (bicyclic) bond motifs is 1. The summed E-state index contributed by atoms with van der Waals surface area (Å²) in [6.07, 6.45) is 14.8. The molecule has 2 aromatic rings. The van der Waals surface area contributed by atoms with Crippen LogP contribution in [0.15, 0.2) is 48.5 Å². The highest BCUT2D eigenvalue weighted by Crippen LogP contribution is 2.43. The normalized spacial score (nSPS) is 21.2. The number of hydrogen-bond donors (Lipinski definition) is 0. The number of hydrogen-bond acceptors (Lipinski definition) is 2. The lowest BCUT2D eigenvalue weighted by molar-refractivity contribution is 0.0903. The van der Waals surface area contributed by atoms with Crippen LogP contribution in [0, 0.1) is 17.8 Å². The molecule has 2 nitrogen and oxygen atoms in total. The van der Waals surface area contributed by atoms with E-state index < -0.39 is 0 Å². The van der Waals surface area contributed by atoms with Gasteiger partial charge in [-0.25, -0.2) is 0 Å². The Hall–Kier alpha value is -2.09. The molecule has 0 saturated heterocycles. The second kappa shape index (κ2) is 11.9. The maximum absolute atomic E-state index is 13.1. The second-order valence-electron chi connectivity index (χ2n) is 10.4. The minimum absolute atomic E-state index is 0.126. The molecule has 178 valence electrons. The molecule has 0 amide bonds. The molecule has 2 aliphatic carbocycles. The van der Waals surface area contributed by atoms with Crippen molar-refractivity contribution in [2.75, 3.05) is 0 Å². The largest absolute Gasteiger partial charge is 0.485 e. The van der Waals surface area contributed by atoms with E-state index in [1.807, 2.05) is 24.3 Å². The Labute approximate surface area is 201 Å². The summed E-state index contributed by atoms with van der Waals surface area (Å²) in [5.41, 5.74) is 3.64. The Kier molecular flexibility index (Phi) is 8.64. The van der Waals surface area contributed by atoms with Gasteiger partial charge in [-0.1, -0.05) is 89.5 Å². The Balaban J connectivity index is 1.43. The first-order valence-corrected chi connectivity index (χ1v) is 13.6. The summed E-state index contributed by atoms with van der Waals surface area (Å²) >= 11 is 0. The Morgan fingerprint density at radius 1 is 0.939 bits per heavy atom. The molecule has 0 bridgehead atoms. The van der Waals surface area contributed by atoms with Crippen molar-refractivity contribution in [1.29, 1.82) is 0 Å². The van der Waals surface area contributed by atoms with Gasteiger partial charge >= 0.3 is 0 Å². The van der Waals surface area contributed by atoms with Crippen molar-refractivity contribution < 1.29 is 9.53 Å². The topological polar surface area (TPSA) is 26.3 Å². The van der Waals surface area contributed by atoms with Gasteiger partial charge in [0.2, 0.25) is 0 Å². The van der Waals surface area contributed by atoms with Crippen molar-refractivity contribution in [1.82, 2.24) is 0 Å². The summed E-state index contributed by atoms with van der Waals surface area (Å²) < 4.78 is 6.63. The Morgan fingerprint density at radius 2 is 1.70 bits per heavy atom. The first kappa shape index (κ1) is 24.0. The molecule has 0 heterocycles. The molecule has 3 atom stereocenters. The fourth-order valence-electron chi connectivity index (χ4n) is 6.09. The molecule has 1 saturated carbocycles. The van der Waals surface area contributed by atoms with Gasteiger partial charge in [0.1, 0.15) is 11.9 Å². The maximum atomic E-state index is 13.1. The number of unbranched alkanes of at least 4 members (excludes halogenated alkanes) is 1. The van der Waals surface area contributed by atoms with Gasteiger partial charge in [0.25, 0.3) is 0 Å². The van der Waals surface area contributed by atoms with Gasteiger partial charge in [-0.2, -0.15) is 0 Å². The van der Waals surface area contributed by atoms with Crippen LogP contribution < -0.4 is 4.74 Å². The van der Waals surface area contributed by atoms with Gasteiger partial charge < -0.3 is 4.74 Å². The van der Waals surface area contributed by atoms with Crippen LogP contribution in [0.5, 0.6) is 5.75 Å². The zero-order valence-electron chi connectivity index (χ0n) is 20.7. The zero-order chi connectivity index (χ0) is 23.0. The monoisotopic (exact) mass is 446 g/mol. The van der Waals surface area contributed by atoms with E-state index >= 15 is 0 Å². The summed E-state index contributed by atoms with van der Waals surface area (Å²) in [5.74, 6) is 2.82. The fraction of sp³-hybridized carbons (Fsp3) is 0.581. The zero-order valence-corrected chi connectivity index (χ0v) is 20.7. The van der Waals surface area contributed by atoms with Crippen molar-refractivity contribution in [2.45, 2.75) is 97.0 Å². The summed E-state index contributed by atoms with van der Waals surface area (Å²) in [6, 6.07) is 16.8. The van der Waals surface area contributed by atoms with E-state index in [4.69, 9.17) is 4.74 Å². The smallest absolute Gasteiger partial charge is 0.165 e. The number of ketones is 1. The van der Waals surface area contributed by atoms with Crippen LogP contribution in [0.1, 0.15) is 112 Å². The fourth-order valence-corrected chi connectivity index (χ4v) is 6.09. The first-order chi connectivity index (χ1) is 16.2. The molecule has 4 rings (SSSR count). The lowest BCUT2D eigenvalue weighted by atomic mass is 9.89. The molecule has 0 aromatic heterocycles. The first-order valence-electron chi connectivity index (χ1n) is 13.6. The van der Waals surface area contributed by atoms with E-state index in [9.17, 15) is 4.79 Å². The molecule has 1 fully saturated rings. The number of rotatable bonds is 12. The molecule has 2 aliphatic rings. The SMILES string of the molecule is CCCCC(CCC)C(=O)c1ccc(OC2c3ccccc3CC2CCC2CCCC2)cc1. The van der Waals surface area contributed by atoms with E-state index in [1.165, 1.54) is 49.7 Å². The molecule has 3 unspecified atom stereocenters. The molecule has 2 aromatic carbocycles. The number of Topliss-reactive ketones (excluding diaryl/α,β-unsaturated/α-hetero) is 1. The van der Waals surface area contributed by atoms with Gasteiger partial charge in [0.05, 0.1) is 0 Å². The highest BCUT2D eigenvalue weighted by Gasteiger charge is 2.34. The van der Waals surface area contributed by atoms with Gasteiger partial charge in [-0.05, 0) is 67.0 Å². The predicted octanol–water partition coefficient (Wildman–Crippen LogP) is 8.74. The van der Waals surface area contributed by atoms with Crippen LogP contribution in [0.2, 0.25) is 0 Å². The molecule has 0 spiro atoms. The highest BCUT2D eigenvalue weighted by molar-refractivity contribution is 5.97. The van der Waals surface area contributed by atoms with Crippen LogP contribution in [0.25, 0.3) is 0 Å². The van der Waals surface area contributed by atoms with Gasteiger partial charge in [0.15, 0.2) is 5.78 Å². The number of carbonyl (C=O) groups excluding carboxylic acids is 1. The minimum atomic E-state index is 0.126. The summed E-state index contributed by atoms with van der Waals surface area (Å²) in [4.78, 5) is 13.1. The van der Waals surface area contributed by atoms with Gasteiger partial charge in [0, 0.05) is 17.4 Å². The van der Waals surface area contributed by atoms with E-state index in [2.05, 4.69) is 38.1 Å². The minimum Gasteiger partial charge on any atom is -0.485 e. The number of benzene rings is 2. The molecule has 0 aliphatic heterocycles. The van der Waals surface area contributed by atoms with E-state index in [0.717, 1.165) is 55.8 Å². The maximum Gasteiger partial charge on any atom is 0.165 e. The summed E-state index contributed by atoms with van der Waals surface area (Å²) in [5, 5.41) is 0. The van der Waals surface area contributed by atoms with Gasteiger partial charge in [-0.3, -0.25) is 4.79 Å². The average Bonchev–Trinajstić information content (AvgIpc) is 3.48. The van der Waals surface area contributed by atoms with Crippen molar-refractivity contribution in [3.8, 4) is 5.75 Å². The van der Waals surface area contributed by atoms with Crippen LogP contribution >= 0.6 is 0 Å². The molecule has 0 radical (unpaired) electrons. The van der Waals surface area contributed by atoms with Crippen molar-refractivity contribution in [3.05, 3.63) is 65.2 Å². The number of ether oxygens (including phenoxy) is 1.